The number of aromatic hydroxyl groups is 1. The van der Waals surface area contributed by atoms with Gasteiger partial charge in [-0.3, -0.25) is 9.36 Å². The Balaban J connectivity index is 2.55. The lowest BCUT2D eigenvalue weighted by molar-refractivity contribution is -0.118. The predicted octanol–water partition coefficient (Wildman–Crippen LogP) is 2.11. The summed E-state index contributed by atoms with van der Waals surface area (Å²) in [6, 6.07) is 6.37. The zero-order valence-corrected chi connectivity index (χ0v) is 12.9. The minimum atomic E-state index is -3.42. The fourth-order valence-electron chi connectivity index (χ4n) is 1.52. The summed E-state index contributed by atoms with van der Waals surface area (Å²) in [6.45, 7) is 3.72. The molecule has 0 aliphatic rings. The van der Waals surface area contributed by atoms with Gasteiger partial charge in [0.1, 0.15) is 11.9 Å². The molecule has 7 nitrogen and oxygen atoms in total. The smallest absolute Gasteiger partial charge is 0.340 e. The van der Waals surface area contributed by atoms with E-state index in [-0.39, 0.29) is 19.0 Å². The zero-order valence-electron chi connectivity index (χ0n) is 12.0. The third kappa shape index (κ3) is 6.53. The molecular weight excluding hydrogens is 295 g/mol. The van der Waals surface area contributed by atoms with Gasteiger partial charge >= 0.3 is 7.60 Å². The molecule has 0 radical (unpaired) electrons. The van der Waals surface area contributed by atoms with Crippen LogP contribution in [0.3, 0.4) is 0 Å². The Hall–Kier alpha value is -1.69. The highest BCUT2D eigenvalue weighted by Crippen LogP contribution is 2.47. The van der Waals surface area contributed by atoms with Crippen LogP contribution in [0.1, 0.15) is 19.4 Å². The molecule has 1 aromatic rings. The van der Waals surface area contributed by atoms with Crippen molar-refractivity contribution >= 4 is 19.7 Å². The van der Waals surface area contributed by atoms with E-state index in [2.05, 4.69) is 10.5 Å². The third-order valence-corrected chi connectivity index (χ3v) is 4.24. The van der Waals surface area contributed by atoms with Crippen molar-refractivity contribution in [2.45, 2.75) is 13.8 Å². The Morgan fingerprint density at radius 3 is 2.62 bits per heavy atom. The second-order valence-electron chi connectivity index (χ2n) is 3.99. The second kappa shape index (κ2) is 8.56. The van der Waals surface area contributed by atoms with Gasteiger partial charge in [0.2, 0.25) is 0 Å². The molecule has 0 aliphatic carbocycles. The fourth-order valence-corrected chi connectivity index (χ4v) is 2.98. The van der Waals surface area contributed by atoms with E-state index in [1.54, 1.807) is 26.0 Å². The van der Waals surface area contributed by atoms with E-state index < -0.39 is 19.7 Å². The van der Waals surface area contributed by atoms with Gasteiger partial charge in [-0.1, -0.05) is 12.1 Å². The molecule has 0 fully saturated rings. The van der Waals surface area contributed by atoms with Gasteiger partial charge in [0.25, 0.3) is 5.91 Å². The van der Waals surface area contributed by atoms with Gasteiger partial charge in [-0.2, -0.15) is 5.10 Å². The van der Waals surface area contributed by atoms with Crippen molar-refractivity contribution in [3.63, 3.8) is 0 Å². The molecule has 0 spiro atoms. The van der Waals surface area contributed by atoms with Crippen LogP contribution in [0, 0.1) is 0 Å². The molecule has 8 heteroatoms. The molecule has 0 unspecified atom stereocenters. The topological polar surface area (TPSA) is 97.2 Å². The highest BCUT2D eigenvalue weighted by Gasteiger charge is 2.27. The lowest BCUT2D eigenvalue weighted by atomic mass is 10.2. The summed E-state index contributed by atoms with van der Waals surface area (Å²) in [6.07, 6.45) is 0.968. The standard InChI is InChI=1S/C13H19N2O5P/c1-3-19-21(18,20-4-2)10-13(17)15-14-9-11-6-5-7-12(16)8-11/h5-9,16H,3-4,10H2,1-2H3,(H,15,17)/b14-9+. The normalized spacial score (nSPS) is 11.7. The number of hydrogen-bond acceptors (Lipinski definition) is 6. The van der Waals surface area contributed by atoms with E-state index in [1.165, 1.54) is 18.3 Å². The molecular formula is C13H19N2O5P. The lowest BCUT2D eigenvalue weighted by Crippen LogP contribution is -2.22. The number of rotatable bonds is 8. The third-order valence-electron chi connectivity index (χ3n) is 2.26. The van der Waals surface area contributed by atoms with Gasteiger partial charge in [0.05, 0.1) is 19.4 Å². The van der Waals surface area contributed by atoms with Crippen LogP contribution >= 0.6 is 7.60 Å². The number of amides is 1. The Morgan fingerprint density at radius 2 is 2.05 bits per heavy atom. The monoisotopic (exact) mass is 314 g/mol. The number of phenols is 1. The van der Waals surface area contributed by atoms with Crippen molar-refractivity contribution < 1.29 is 23.5 Å². The van der Waals surface area contributed by atoms with E-state index in [4.69, 9.17) is 9.05 Å². The van der Waals surface area contributed by atoms with Crippen LogP contribution in [0.25, 0.3) is 0 Å². The molecule has 0 saturated heterocycles. The van der Waals surface area contributed by atoms with Crippen molar-refractivity contribution in [1.29, 1.82) is 0 Å². The largest absolute Gasteiger partial charge is 0.508 e. The van der Waals surface area contributed by atoms with E-state index in [9.17, 15) is 14.5 Å². The van der Waals surface area contributed by atoms with Crippen molar-refractivity contribution in [1.82, 2.24) is 5.43 Å². The molecule has 1 rings (SSSR count). The van der Waals surface area contributed by atoms with E-state index in [1.807, 2.05) is 0 Å². The molecule has 0 saturated carbocycles. The van der Waals surface area contributed by atoms with Gasteiger partial charge < -0.3 is 14.2 Å². The van der Waals surface area contributed by atoms with Crippen LogP contribution in [-0.4, -0.2) is 36.6 Å². The molecule has 0 aromatic heterocycles. The summed E-state index contributed by atoms with van der Waals surface area (Å²) in [5.41, 5.74) is 2.86. The molecule has 2 N–H and O–H groups in total. The Morgan fingerprint density at radius 1 is 1.38 bits per heavy atom. The Bertz CT molecular complexity index is 537. The van der Waals surface area contributed by atoms with Crippen LogP contribution in [0.5, 0.6) is 5.75 Å². The quantitative estimate of drug-likeness (QED) is 0.435. The highest BCUT2D eigenvalue weighted by atomic mass is 31.2. The van der Waals surface area contributed by atoms with Crippen LogP contribution < -0.4 is 5.43 Å². The van der Waals surface area contributed by atoms with Crippen molar-refractivity contribution in [3.8, 4) is 5.75 Å². The molecule has 0 bridgehead atoms. The first-order chi connectivity index (χ1) is 9.99. The van der Waals surface area contributed by atoms with Crippen LogP contribution in [0.15, 0.2) is 29.4 Å². The van der Waals surface area contributed by atoms with Crippen LogP contribution in [0.4, 0.5) is 0 Å². The highest BCUT2D eigenvalue weighted by molar-refractivity contribution is 7.54. The molecule has 1 aromatic carbocycles. The summed E-state index contributed by atoms with van der Waals surface area (Å²) in [7, 11) is -3.42. The zero-order chi connectivity index (χ0) is 15.7. The summed E-state index contributed by atoms with van der Waals surface area (Å²) in [4.78, 5) is 11.7. The average Bonchev–Trinajstić information content (AvgIpc) is 2.38. The number of benzene rings is 1. The van der Waals surface area contributed by atoms with Crippen molar-refractivity contribution in [3.05, 3.63) is 29.8 Å². The van der Waals surface area contributed by atoms with Crippen molar-refractivity contribution in [2.75, 3.05) is 19.4 Å². The molecule has 116 valence electrons. The van der Waals surface area contributed by atoms with E-state index in [0.717, 1.165) is 0 Å². The van der Waals surface area contributed by atoms with E-state index in [0.29, 0.717) is 5.56 Å². The second-order valence-corrected chi connectivity index (χ2v) is 6.05. The summed E-state index contributed by atoms with van der Waals surface area (Å²) < 4.78 is 22.1. The number of nitrogens with one attached hydrogen (secondary N) is 1. The van der Waals surface area contributed by atoms with E-state index >= 15 is 0 Å². The van der Waals surface area contributed by atoms with Crippen molar-refractivity contribution in [2.24, 2.45) is 5.10 Å². The molecule has 0 atom stereocenters. The van der Waals surface area contributed by atoms with Gasteiger partial charge in [-0.15, -0.1) is 0 Å². The van der Waals surface area contributed by atoms with Gasteiger partial charge in [-0.05, 0) is 31.5 Å². The molecule has 0 aliphatic heterocycles. The number of carbonyl (C=O) groups excluding carboxylic acids is 1. The average molecular weight is 314 g/mol. The summed E-state index contributed by atoms with van der Waals surface area (Å²) >= 11 is 0. The van der Waals surface area contributed by atoms with Gasteiger partial charge in [-0.25, -0.2) is 5.43 Å². The SMILES string of the molecule is CCOP(=O)(CC(=O)N/N=C/c1cccc(O)c1)OCC. The fraction of sp³-hybridized carbons (Fsp3) is 0.385. The Kier molecular flexibility index (Phi) is 7.08. The number of phenolic OH excluding ortho intramolecular Hbond substituents is 1. The molecule has 0 heterocycles. The number of carbonyl (C=O) groups is 1. The summed E-state index contributed by atoms with van der Waals surface area (Å²) in [5.74, 6) is -0.473. The summed E-state index contributed by atoms with van der Waals surface area (Å²) in [5, 5.41) is 13.0. The number of nitrogens with zero attached hydrogens (tertiary/aromatic N) is 1. The minimum absolute atomic E-state index is 0.0995. The molecule has 1 amide bonds. The maximum Gasteiger partial charge on any atom is 0.340 e. The number of hydrazone groups is 1. The number of hydrogen-bond donors (Lipinski definition) is 2. The Labute approximate surface area is 123 Å². The van der Waals surface area contributed by atoms with Crippen LogP contribution in [-0.2, 0) is 18.4 Å². The first-order valence-electron chi connectivity index (χ1n) is 6.48. The van der Waals surface area contributed by atoms with Gasteiger partial charge in [0, 0.05) is 0 Å². The van der Waals surface area contributed by atoms with Gasteiger partial charge in [0.15, 0.2) is 0 Å². The first kappa shape index (κ1) is 17.4. The maximum absolute atomic E-state index is 12.1. The van der Waals surface area contributed by atoms with Crippen LogP contribution in [0.2, 0.25) is 0 Å². The lowest BCUT2D eigenvalue weighted by Gasteiger charge is -2.15. The molecule has 21 heavy (non-hydrogen) atoms. The first-order valence-corrected chi connectivity index (χ1v) is 8.21. The minimum Gasteiger partial charge on any atom is -0.508 e. The maximum atomic E-state index is 12.1. The predicted molar refractivity (Wildman–Crippen MR) is 79.6 cm³/mol.